The van der Waals surface area contributed by atoms with Crippen molar-refractivity contribution < 1.29 is 9.53 Å². The van der Waals surface area contributed by atoms with E-state index in [9.17, 15) is 4.79 Å². The van der Waals surface area contributed by atoms with Gasteiger partial charge in [0.05, 0.1) is 24.9 Å². The van der Waals surface area contributed by atoms with Gasteiger partial charge in [0.15, 0.2) is 5.82 Å². The predicted octanol–water partition coefficient (Wildman–Crippen LogP) is 1.91. The Morgan fingerprint density at radius 1 is 1.06 bits per heavy atom. The van der Waals surface area contributed by atoms with Crippen LogP contribution in [0.2, 0.25) is 0 Å². The Hall–Kier alpha value is -3.92. The number of carbonyl (C=O) groups is 1. The summed E-state index contributed by atoms with van der Waals surface area (Å²) in [5.41, 5.74) is 2.91. The topological polar surface area (TPSA) is 111 Å². The van der Waals surface area contributed by atoms with Crippen molar-refractivity contribution in [2.24, 2.45) is 7.05 Å². The molecule has 4 aromatic rings. The minimum absolute atomic E-state index is 0.268. The Labute approximate surface area is 177 Å². The number of anilines is 2. The first-order valence-corrected chi connectivity index (χ1v) is 9.90. The molecule has 1 amide bonds. The van der Waals surface area contributed by atoms with Crippen LogP contribution in [0.15, 0.2) is 48.8 Å². The van der Waals surface area contributed by atoms with Gasteiger partial charge in [-0.2, -0.15) is 0 Å². The number of pyridine rings is 1. The maximum atomic E-state index is 12.8. The minimum Gasteiger partial charge on any atom is -0.378 e. The summed E-state index contributed by atoms with van der Waals surface area (Å²) >= 11 is 0. The van der Waals surface area contributed by atoms with Gasteiger partial charge in [-0.05, 0) is 30.3 Å². The van der Waals surface area contributed by atoms with E-state index in [1.807, 2.05) is 31.4 Å². The van der Waals surface area contributed by atoms with Crippen molar-refractivity contribution >= 4 is 28.4 Å². The van der Waals surface area contributed by atoms with Crippen molar-refractivity contribution in [1.82, 2.24) is 30.2 Å². The van der Waals surface area contributed by atoms with Gasteiger partial charge in [-0.3, -0.25) is 9.48 Å². The van der Waals surface area contributed by atoms with Gasteiger partial charge in [-0.25, -0.2) is 4.98 Å². The summed E-state index contributed by atoms with van der Waals surface area (Å²) in [5.74, 6) is 0.864. The Kier molecular flexibility index (Phi) is 4.97. The Bertz CT molecular complexity index is 1250. The number of amides is 1. The maximum Gasteiger partial charge on any atom is 0.257 e. The van der Waals surface area contributed by atoms with Crippen LogP contribution in [0, 0.1) is 0 Å². The molecule has 4 heterocycles. The van der Waals surface area contributed by atoms with Crippen molar-refractivity contribution in [3.63, 3.8) is 0 Å². The lowest BCUT2D eigenvalue weighted by Gasteiger charge is -2.27. The molecular weight excluding hydrogens is 396 g/mol. The molecular formula is C21H20N8O2. The highest BCUT2D eigenvalue weighted by atomic mass is 16.5. The second-order valence-electron chi connectivity index (χ2n) is 7.24. The molecule has 1 N–H and O–H groups in total. The first-order valence-electron chi connectivity index (χ1n) is 9.90. The summed E-state index contributed by atoms with van der Waals surface area (Å²) in [4.78, 5) is 19.3. The molecule has 10 heteroatoms. The number of hydrogen-bond acceptors (Lipinski definition) is 8. The average Bonchev–Trinajstić information content (AvgIpc) is 3.25. The first-order chi connectivity index (χ1) is 15.2. The van der Waals surface area contributed by atoms with E-state index in [0.29, 0.717) is 24.6 Å². The second-order valence-corrected chi connectivity index (χ2v) is 7.24. The van der Waals surface area contributed by atoms with Crippen LogP contribution in [0.1, 0.15) is 10.4 Å². The van der Waals surface area contributed by atoms with Crippen molar-refractivity contribution in [3.8, 4) is 11.3 Å². The van der Waals surface area contributed by atoms with Crippen molar-refractivity contribution in [2.45, 2.75) is 0 Å². The van der Waals surface area contributed by atoms with E-state index in [2.05, 4.69) is 35.7 Å². The monoisotopic (exact) mass is 416 g/mol. The highest BCUT2D eigenvalue weighted by Gasteiger charge is 2.15. The summed E-state index contributed by atoms with van der Waals surface area (Å²) in [6.07, 6.45) is 3.48. The summed E-state index contributed by atoms with van der Waals surface area (Å²) in [7, 11) is 1.82. The van der Waals surface area contributed by atoms with E-state index >= 15 is 0 Å². The largest absolute Gasteiger partial charge is 0.378 e. The van der Waals surface area contributed by atoms with E-state index in [4.69, 9.17) is 4.74 Å². The van der Waals surface area contributed by atoms with Crippen molar-refractivity contribution in [3.05, 3.63) is 54.4 Å². The van der Waals surface area contributed by atoms with E-state index in [1.165, 1.54) is 0 Å². The molecule has 0 atom stereocenters. The molecule has 0 unspecified atom stereocenters. The lowest BCUT2D eigenvalue weighted by molar-refractivity contribution is 0.102. The number of aromatic nitrogens is 6. The van der Waals surface area contributed by atoms with Crippen LogP contribution in [-0.2, 0) is 11.8 Å². The summed E-state index contributed by atoms with van der Waals surface area (Å²) < 4.78 is 7.03. The highest BCUT2D eigenvalue weighted by molar-refractivity contribution is 6.04. The fourth-order valence-electron chi connectivity index (χ4n) is 3.46. The van der Waals surface area contributed by atoms with Gasteiger partial charge in [-0.1, -0.05) is 11.3 Å². The lowest BCUT2D eigenvalue weighted by Crippen LogP contribution is -2.36. The van der Waals surface area contributed by atoms with Crippen molar-refractivity contribution in [2.75, 3.05) is 36.5 Å². The number of carbonyl (C=O) groups excluding carboxylic acids is 1. The van der Waals surface area contributed by atoms with E-state index in [1.54, 1.807) is 29.1 Å². The molecule has 5 rings (SSSR count). The van der Waals surface area contributed by atoms with Crippen LogP contribution in [0.4, 0.5) is 11.6 Å². The molecule has 1 aliphatic rings. The zero-order valence-corrected chi connectivity index (χ0v) is 16.9. The van der Waals surface area contributed by atoms with Gasteiger partial charge in [0, 0.05) is 42.8 Å². The van der Waals surface area contributed by atoms with Crippen LogP contribution in [0.3, 0.4) is 0 Å². The maximum absolute atomic E-state index is 12.8. The van der Waals surface area contributed by atoms with Crippen molar-refractivity contribution in [1.29, 1.82) is 0 Å². The molecule has 1 aliphatic heterocycles. The van der Waals surface area contributed by atoms with Gasteiger partial charge >= 0.3 is 0 Å². The third kappa shape index (κ3) is 4.05. The minimum atomic E-state index is -0.268. The van der Waals surface area contributed by atoms with Gasteiger partial charge in [0.2, 0.25) is 0 Å². The Morgan fingerprint density at radius 3 is 2.74 bits per heavy atom. The zero-order valence-electron chi connectivity index (χ0n) is 16.9. The fraction of sp³-hybridized carbons (Fsp3) is 0.238. The second kappa shape index (κ2) is 8.07. The molecule has 156 valence electrons. The standard InChI is InChI=1S/C21H20N8O2/c1-28-13-18(25-27-28)14-2-3-17-16(10-14)11-19(26-24-17)23-21(30)15-4-5-22-20(12-15)29-6-8-31-9-7-29/h2-5,10-13H,6-9H2,1H3,(H,23,26,30). The molecule has 1 fully saturated rings. The molecule has 10 nitrogen and oxygen atoms in total. The van der Waals surface area contributed by atoms with Gasteiger partial charge < -0.3 is 15.0 Å². The number of nitrogens with one attached hydrogen (secondary N) is 1. The summed E-state index contributed by atoms with van der Waals surface area (Å²) in [6, 6.07) is 11.0. The number of aryl methyl sites for hydroxylation is 1. The van der Waals surface area contributed by atoms with Gasteiger partial charge in [0.1, 0.15) is 11.5 Å². The number of rotatable bonds is 4. The molecule has 31 heavy (non-hydrogen) atoms. The molecule has 1 aromatic carbocycles. The van der Waals surface area contributed by atoms with Crippen LogP contribution < -0.4 is 10.2 Å². The molecule has 0 spiro atoms. The first kappa shape index (κ1) is 19.1. The number of nitrogens with zero attached hydrogens (tertiary/aromatic N) is 7. The number of ether oxygens (including phenoxy) is 1. The van der Waals surface area contributed by atoms with Gasteiger partial charge in [0.25, 0.3) is 5.91 Å². The van der Waals surface area contributed by atoms with Gasteiger partial charge in [-0.15, -0.1) is 15.3 Å². The normalized spacial score (nSPS) is 14.0. The zero-order chi connectivity index (χ0) is 21.2. The molecule has 1 saturated heterocycles. The third-order valence-corrected chi connectivity index (χ3v) is 5.07. The third-order valence-electron chi connectivity index (χ3n) is 5.07. The number of morpholine rings is 1. The van der Waals surface area contributed by atoms with Crippen LogP contribution in [0.25, 0.3) is 22.2 Å². The van der Waals surface area contributed by atoms with Crippen LogP contribution in [-0.4, -0.2) is 62.4 Å². The molecule has 0 aliphatic carbocycles. The van der Waals surface area contributed by atoms with Crippen LogP contribution in [0.5, 0.6) is 0 Å². The quantitative estimate of drug-likeness (QED) is 0.537. The van der Waals surface area contributed by atoms with E-state index in [0.717, 1.165) is 41.1 Å². The number of fused-ring (bicyclic) bond motifs is 1. The molecule has 0 radical (unpaired) electrons. The Balaban J connectivity index is 1.37. The molecule has 0 bridgehead atoms. The Morgan fingerprint density at radius 2 is 1.94 bits per heavy atom. The fourth-order valence-corrected chi connectivity index (χ4v) is 3.46. The van der Waals surface area contributed by atoms with E-state index in [-0.39, 0.29) is 5.91 Å². The molecule has 0 saturated carbocycles. The predicted molar refractivity (Wildman–Crippen MR) is 115 cm³/mol. The lowest BCUT2D eigenvalue weighted by atomic mass is 10.1. The SMILES string of the molecule is Cn1cc(-c2ccc3nnc(NC(=O)c4ccnc(N5CCOCC5)c4)cc3c2)nn1. The highest BCUT2D eigenvalue weighted by Crippen LogP contribution is 2.23. The number of hydrogen-bond donors (Lipinski definition) is 1. The summed E-state index contributed by atoms with van der Waals surface area (Å²) in [5, 5.41) is 20.1. The summed E-state index contributed by atoms with van der Waals surface area (Å²) in [6.45, 7) is 2.81. The average molecular weight is 416 g/mol. The number of benzene rings is 1. The molecule has 3 aromatic heterocycles. The smallest absolute Gasteiger partial charge is 0.257 e. The van der Waals surface area contributed by atoms with E-state index < -0.39 is 0 Å². The van der Waals surface area contributed by atoms with Crippen LogP contribution >= 0.6 is 0 Å².